The lowest BCUT2D eigenvalue weighted by atomic mass is 10.0. The minimum Gasteiger partial charge on any atom is -0.481 e. The molecule has 0 saturated carbocycles. The summed E-state index contributed by atoms with van der Waals surface area (Å²) in [6, 6.07) is 6.64. The minimum atomic E-state index is -1.14. The number of ether oxygens (including phenoxy) is 2. The summed E-state index contributed by atoms with van der Waals surface area (Å²) in [6.07, 6.45) is 2.73. The Bertz CT molecular complexity index is 1070. The van der Waals surface area contributed by atoms with Crippen molar-refractivity contribution in [2.24, 2.45) is 10.7 Å². The van der Waals surface area contributed by atoms with Crippen LogP contribution in [0.5, 0.6) is 0 Å². The first-order valence-electron chi connectivity index (χ1n) is 11.0. The van der Waals surface area contributed by atoms with Gasteiger partial charge in [-0.1, -0.05) is 23.5 Å². The number of benzene rings is 1. The molecule has 1 aliphatic rings. The van der Waals surface area contributed by atoms with Gasteiger partial charge < -0.3 is 15.2 Å². The van der Waals surface area contributed by atoms with Crippen molar-refractivity contribution in [3.63, 3.8) is 0 Å². The Morgan fingerprint density at radius 3 is 2.68 bits per heavy atom. The van der Waals surface area contributed by atoms with E-state index >= 15 is 0 Å². The van der Waals surface area contributed by atoms with E-state index in [0.29, 0.717) is 64.7 Å². The van der Waals surface area contributed by atoms with E-state index in [9.17, 15) is 9.00 Å². The molecule has 0 fully saturated rings. The van der Waals surface area contributed by atoms with E-state index in [1.54, 1.807) is 31.4 Å². The number of nitrogens with one attached hydrogen (secondary N) is 2. The Kier molecular flexibility index (Phi) is 9.06. The summed E-state index contributed by atoms with van der Waals surface area (Å²) in [7, 11) is 0.468. The summed E-state index contributed by atoms with van der Waals surface area (Å²) in [5, 5.41) is 12.0. The first kappa shape index (κ1) is 26.1. The first-order chi connectivity index (χ1) is 16.2. The highest BCUT2D eigenvalue weighted by Crippen LogP contribution is 2.35. The molecule has 0 spiro atoms. The molecule has 34 heavy (non-hydrogen) atoms. The molecule has 3 rings (SSSR count). The minimum absolute atomic E-state index is 0.193. The average molecular weight is 506 g/mol. The second-order valence-corrected chi connectivity index (χ2v) is 11.2. The van der Waals surface area contributed by atoms with Crippen LogP contribution in [0.1, 0.15) is 44.4 Å². The van der Waals surface area contributed by atoms with Crippen LogP contribution in [-0.4, -0.2) is 58.3 Å². The molecule has 184 valence electrons. The number of anilines is 1. The zero-order valence-corrected chi connectivity index (χ0v) is 21.3. The van der Waals surface area contributed by atoms with Crippen LogP contribution in [-0.2, 0) is 31.5 Å². The van der Waals surface area contributed by atoms with Gasteiger partial charge in [0.1, 0.15) is 10.7 Å². The average Bonchev–Trinajstić information content (AvgIpc) is 3.19. The number of thiazole rings is 1. The number of hydrogen-bond donors (Lipinski definition) is 3. The van der Waals surface area contributed by atoms with Gasteiger partial charge in [-0.3, -0.25) is 19.7 Å². The molecule has 1 unspecified atom stereocenters. The molecule has 1 aromatic carbocycles. The van der Waals surface area contributed by atoms with Crippen LogP contribution < -0.4 is 11.1 Å². The third-order valence-electron chi connectivity index (χ3n) is 5.03. The summed E-state index contributed by atoms with van der Waals surface area (Å²) in [6.45, 7) is 4.96. The molecule has 2 heterocycles. The van der Waals surface area contributed by atoms with Crippen LogP contribution in [0.15, 0.2) is 34.2 Å². The number of nitrogens with zero attached hydrogens (tertiary/aromatic N) is 2. The molecule has 1 atom stereocenters. The zero-order valence-electron chi connectivity index (χ0n) is 19.7. The van der Waals surface area contributed by atoms with Gasteiger partial charge in [-0.05, 0) is 38.8 Å². The predicted octanol–water partition coefficient (Wildman–Crippen LogP) is 3.41. The van der Waals surface area contributed by atoms with E-state index in [1.807, 2.05) is 13.8 Å². The molecular formula is C23H31N5O4S2. The second kappa shape index (κ2) is 11.8. The van der Waals surface area contributed by atoms with Crippen LogP contribution in [0.4, 0.5) is 10.1 Å². The van der Waals surface area contributed by atoms with E-state index < -0.39 is 16.7 Å². The number of hydrogen-bond acceptors (Lipinski definition) is 9. The van der Waals surface area contributed by atoms with Crippen molar-refractivity contribution in [2.75, 3.05) is 31.4 Å². The summed E-state index contributed by atoms with van der Waals surface area (Å²) in [4.78, 5) is 22.2. The molecule has 0 radical (unpaired) electrons. The maximum Gasteiger partial charge on any atom is 0.275 e. The summed E-state index contributed by atoms with van der Waals surface area (Å²) >= 11 is 1.25. The first-order valence-corrected chi connectivity index (χ1v) is 13.2. The molecule has 11 heteroatoms. The number of carbonyl (C=O) groups is 1. The molecule has 0 bridgehead atoms. The Morgan fingerprint density at radius 2 is 2.00 bits per heavy atom. The van der Waals surface area contributed by atoms with E-state index in [0.717, 1.165) is 12.1 Å². The fourth-order valence-electron chi connectivity index (χ4n) is 3.09. The molecule has 0 saturated heterocycles. The molecule has 1 aromatic heterocycles. The highest BCUT2D eigenvalue weighted by Gasteiger charge is 2.21. The van der Waals surface area contributed by atoms with Crippen LogP contribution >= 0.6 is 11.3 Å². The Balaban J connectivity index is 1.57. The van der Waals surface area contributed by atoms with Gasteiger partial charge in [0.05, 0.1) is 23.1 Å². The number of methoxy groups -OCH3 is 1. The number of fused-ring (bicyclic) bond motifs is 1. The van der Waals surface area contributed by atoms with E-state index in [1.165, 1.54) is 11.3 Å². The molecule has 1 aliphatic heterocycles. The van der Waals surface area contributed by atoms with Crippen molar-refractivity contribution in [1.82, 2.24) is 4.98 Å². The van der Waals surface area contributed by atoms with Gasteiger partial charge in [0.2, 0.25) is 0 Å². The number of aryl methyl sites for hydroxylation is 1. The quantitative estimate of drug-likeness (QED) is 0.316. The number of amides is 1. The highest BCUT2D eigenvalue weighted by atomic mass is 32.2. The standard InChI is InChI=1S/C23H31N5O4S2/c1-23(2,25)11-13-32-18-10-9-17-21(27-18)33-22(26-17)28-20(29)19(24)15-5-7-16(8-6-15)34(30)14-4-12-31-3/h5-8,24H,4,9-14,25H2,1-3H3,(H,26,28,29). The Labute approximate surface area is 206 Å². The molecule has 0 aliphatic carbocycles. The topological polar surface area (TPSA) is 140 Å². The lowest BCUT2D eigenvalue weighted by Gasteiger charge is -2.19. The van der Waals surface area contributed by atoms with Crippen molar-refractivity contribution in [2.45, 2.75) is 50.0 Å². The number of carbonyl (C=O) groups excluding carboxylic acids is 1. The number of aromatic nitrogens is 1. The molecular weight excluding hydrogens is 474 g/mol. The van der Waals surface area contributed by atoms with E-state index in [4.69, 9.17) is 20.6 Å². The molecule has 9 nitrogen and oxygen atoms in total. The lowest BCUT2D eigenvalue weighted by molar-refractivity contribution is -0.110. The van der Waals surface area contributed by atoms with Crippen molar-refractivity contribution in [3.05, 3.63) is 35.5 Å². The number of nitrogens with two attached hydrogens (primary N) is 1. The maximum atomic E-state index is 12.6. The number of aliphatic imine (C=N–C) groups is 1. The van der Waals surface area contributed by atoms with Gasteiger partial charge in [0.15, 0.2) is 11.0 Å². The van der Waals surface area contributed by atoms with E-state index in [2.05, 4.69) is 15.3 Å². The van der Waals surface area contributed by atoms with Gasteiger partial charge in [-0.15, -0.1) is 0 Å². The normalized spacial score (nSPS) is 14.2. The molecule has 4 N–H and O–H groups in total. The Morgan fingerprint density at radius 1 is 1.26 bits per heavy atom. The van der Waals surface area contributed by atoms with Gasteiger partial charge in [0, 0.05) is 48.3 Å². The van der Waals surface area contributed by atoms with Gasteiger partial charge >= 0.3 is 0 Å². The zero-order chi connectivity index (χ0) is 24.7. The largest absolute Gasteiger partial charge is 0.481 e. The Hall–Kier alpha value is -2.47. The van der Waals surface area contributed by atoms with Crippen molar-refractivity contribution < 1.29 is 18.5 Å². The molecule has 2 aromatic rings. The second-order valence-electron chi connectivity index (χ2n) is 8.61. The summed E-state index contributed by atoms with van der Waals surface area (Å²) in [5.41, 5.74) is 6.74. The lowest BCUT2D eigenvalue weighted by Crippen LogP contribution is -2.33. The third-order valence-corrected chi connectivity index (χ3v) is 7.39. The van der Waals surface area contributed by atoms with Gasteiger partial charge in [-0.2, -0.15) is 0 Å². The van der Waals surface area contributed by atoms with E-state index in [-0.39, 0.29) is 11.3 Å². The van der Waals surface area contributed by atoms with Crippen molar-refractivity contribution >= 4 is 49.8 Å². The van der Waals surface area contributed by atoms with Crippen LogP contribution in [0.2, 0.25) is 0 Å². The summed E-state index contributed by atoms with van der Waals surface area (Å²) in [5.74, 6) is 0.580. The molecule has 1 amide bonds. The predicted molar refractivity (Wildman–Crippen MR) is 136 cm³/mol. The van der Waals surface area contributed by atoms with Gasteiger partial charge in [0.25, 0.3) is 5.91 Å². The fraction of sp³-hybridized carbons (Fsp3) is 0.478. The van der Waals surface area contributed by atoms with Crippen LogP contribution in [0.25, 0.3) is 0 Å². The van der Waals surface area contributed by atoms with Crippen LogP contribution in [0.3, 0.4) is 0 Å². The van der Waals surface area contributed by atoms with Crippen molar-refractivity contribution in [1.29, 1.82) is 5.41 Å². The highest BCUT2D eigenvalue weighted by molar-refractivity contribution is 7.85. The van der Waals surface area contributed by atoms with Crippen molar-refractivity contribution in [3.8, 4) is 0 Å². The number of rotatable bonds is 11. The summed E-state index contributed by atoms with van der Waals surface area (Å²) < 4.78 is 23.0. The van der Waals surface area contributed by atoms with Gasteiger partial charge in [-0.25, -0.2) is 9.98 Å². The monoisotopic (exact) mass is 505 g/mol. The smallest absolute Gasteiger partial charge is 0.275 e. The SMILES string of the molecule is COCCCS(=O)c1ccc(C(=N)C(=O)Nc2nc3c(s2)N=C(OCCC(C)(C)N)CC3)cc1. The van der Waals surface area contributed by atoms with Crippen LogP contribution in [0, 0.1) is 5.41 Å². The fourth-order valence-corrected chi connectivity index (χ4v) is 5.05. The maximum absolute atomic E-state index is 12.6. The third kappa shape index (κ3) is 7.52.